The van der Waals surface area contributed by atoms with Crippen LogP contribution in [0.1, 0.15) is 24.4 Å². The van der Waals surface area contributed by atoms with Crippen molar-refractivity contribution >= 4 is 11.6 Å². The number of aryl methyl sites for hydroxylation is 2. The summed E-state index contributed by atoms with van der Waals surface area (Å²) in [4.78, 5) is 12.1. The number of hydrogen-bond donors (Lipinski definition) is 1. The van der Waals surface area contributed by atoms with Gasteiger partial charge < -0.3 is 5.32 Å². The van der Waals surface area contributed by atoms with Gasteiger partial charge in [0, 0.05) is 13.2 Å². The van der Waals surface area contributed by atoms with Crippen LogP contribution < -0.4 is 5.32 Å². The van der Waals surface area contributed by atoms with Crippen LogP contribution in [0.2, 0.25) is 0 Å². The molecule has 0 aliphatic heterocycles. The Hall–Kier alpha value is -2.11. The van der Waals surface area contributed by atoms with Crippen molar-refractivity contribution in [3.05, 3.63) is 29.8 Å². The standard InChI is InChI=1S/C12H17N5O/c1-8-5-6-17(15-8)10(3)12(18)14-11-7-13-16(4)9(11)2/h5-7,10H,1-4H3,(H,14,18). The highest BCUT2D eigenvalue weighted by molar-refractivity contribution is 5.93. The van der Waals surface area contributed by atoms with Crippen LogP contribution in [0.3, 0.4) is 0 Å². The minimum Gasteiger partial charge on any atom is -0.321 e. The smallest absolute Gasteiger partial charge is 0.249 e. The summed E-state index contributed by atoms with van der Waals surface area (Å²) in [5.74, 6) is -0.103. The molecule has 0 saturated carbocycles. The Morgan fingerprint density at radius 1 is 1.44 bits per heavy atom. The maximum atomic E-state index is 12.1. The van der Waals surface area contributed by atoms with Gasteiger partial charge in [-0.3, -0.25) is 14.2 Å². The summed E-state index contributed by atoms with van der Waals surface area (Å²) in [5.41, 5.74) is 2.55. The molecule has 6 heteroatoms. The zero-order chi connectivity index (χ0) is 13.3. The number of rotatable bonds is 3. The van der Waals surface area contributed by atoms with E-state index >= 15 is 0 Å². The summed E-state index contributed by atoms with van der Waals surface area (Å²) in [5, 5.41) is 11.2. The molecule has 2 aromatic rings. The molecule has 1 N–H and O–H groups in total. The van der Waals surface area contributed by atoms with E-state index in [2.05, 4.69) is 15.5 Å². The van der Waals surface area contributed by atoms with E-state index in [0.717, 1.165) is 17.1 Å². The number of nitrogens with zero attached hydrogens (tertiary/aromatic N) is 4. The molecule has 0 radical (unpaired) electrons. The molecule has 0 spiro atoms. The van der Waals surface area contributed by atoms with Gasteiger partial charge in [-0.25, -0.2) is 0 Å². The fourth-order valence-electron chi connectivity index (χ4n) is 1.63. The summed E-state index contributed by atoms with van der Waals surface area (Å²) in [6.07, 6.45) is 3.45. The lowest BCUT2D eigenvalue weighted by molar-refractivity contribution is -0.119. The van der Waals surface area contributed by atoms with Crippen molar-refractivity contribution < 1.29 is 4.79 Å². The van der Waals surface area contributed by atoms with Gasteiger partial charge in [-0.05, 0) is 26.8 Å². The first kappa shape index (κ1) is 12.3. The lowest BCUT2D eigenvalue weighted by Crippen LogP contribution is -2.24. The van der Waals surface area contributed by atoms with E-state index in [-0.39, 0.29) is 11.9 Å². The second-order valence-corrected chi connectivity index (χ2v) is 4.37. The van der Waals surface area contributed by atoms with E-state index in [9.17, 15) is 4.79 Å². The highest BCUT2D eigenvalue weighted by atomic mass is 16.2. The zero-order valence-electron chi connectivity index (χ0n) is 11.0. The molecule has 18 heavy (non-hydrogen) atoms. The normalized spacial score (nSPS) is 12.4. The highest BCUT2D eigenvalue weighted by Gasteiger charge is 2.17. The number of aromatic nitrogens is 4. The summed E-state index contributed by atoms with van der Waals surface area (Å²) < 4.78 is 3.37. The van der Waals surface area contributed by atoms with E-state index in [1.165, 1.54) is 0 Å². The van der Waals surface area contributed by atoms with Crippen LogP contribution in [-0.4, -0.2) is 25.5 Å². The van der Waals surface area contributed by atoms with E-state index in [0.29, 0.717) is 0 Å². The SMILES string of the molecule is Cc1ccn(C(C)C(=O)Nc2cnn(C)c2C)n1. The molecule has 2 aromatic heterocycles. The van der Waals surface area contributed by atoms with Crippen molar-refractivity contribution in [1.82, 2.24) is 19.6 Å². The molecule has 1 atom stereocenters. The van der Waals surface area contributed by atoms with Crippen LogP contribution in [0.4, 0.5) is 5.69 Å². The maximum absolute atomic E-state index is 12.1. The average Bonchev–Trinajstić information content (AvgIpc) is 2.89. The Bertz CT molecular complexity index is 569. The zero-order valence-corrected chi connectivity index (χ0v) is 11.0. The van der Waals surface area contributed by atoms with Gasteiger partial charge in [0.25, 0.3) is 0 Å². The molecule has 0 aromatic carbocycles. The first-order valence-corrected chi connectivity index (χ1v) is 5.80. The van der Waals surface area contributed by atoms with Crippen molar-refractivity contribution in [1.29, 1.82) is 0 Å². The van der Waals surface area contributed by atoms with Crippen molar-refractivity contribution in [2.45, 2.75) is 26.8 Å². The Morgan fingerprint density at radius 3 is 2.67 bits per heavy atom. The number of hydrogen-bond acceptors (Lipinski definition) is 3. The predicted octanol–water partition coefficient (Wildman–Crippen LogP) is 1.43. The van der Waals surface area contributed by atoms with Crippen LogP contribution in [0, 0.1) is 13.8 Å². The second kappa shape index (κ2) is 4.64. The van der Waals surface area contributed by atoms with Gasteiger partial charge in [0.1, 0.15) is 6.04 Å². The molecule has 0 fully saturated rings. The Labute approximate surface area is 106 Å². The molecule has 0 saturated heterocycles. The van der Waals surface area contributed by atoms with Gasteiger partial charge in [-0.15, -0.1) is 0 Å². The lowest BCUT2D eigenvalue weighted by atomic mass is 10.3. The molecule has 1 unspecified atom stereocenters. The molecular weight excluding hydrogens is 230 g/mol. The van der Waals surface area contributed by atoms with Crippen molar-refractivity contribution in [2.75, 3.05) is 5.32 Å². The summed E-state index contributed by atoms with van der Waals surface area (Å²) >= 11 is 0. The van der Waals surface area contributed by atoms with Crippen LogP contribution in [0.15, 0.2) is 18.5 Å². The predicted molar refractivity (Wildman–Crippen MR) is 68.2 cm³/mol. The molecule has 2 heterocycles. The average molecular weight is 247 g/mol. The number of nitrogens with one attached hydrogen (secondary N) is 1. The Morgan fingerprint density at radius 2 is 2.17 bits per heavy atom. The fraction of sp³-hybridized carbons (Fsp3) is 0.417. The lowest BCUT2D eigenvalue weighted by Gasteiger charge is -2.12. The quantitative estimate of drug-likeness (QED) is 0.892. The van der Waals surface area contributed by atoms with E-state index in [4.69, 9.17) is 0 Å². The van der Waals surface area contributed by atoms with Gasteiger partial charge in [0.2, 0.25) is 5.91 Å². The second-order valence-electron chi connectivity index (χ2n) is 4.37. The van der Waals surface area contributed by atoms with Gasteiger partial charge >= 0.3 is 0 Å². The van der Waals surface area contributed by atoms with Crippen LogP contribution in [0.5, 0.6) is 0 Å². The molecule has 2 rings (SSSR count). The van der Waals surface area contributed by atoms with Gasteiger partial charge in [0.15, 0.2) is 0 Å². The van der Waals surface area contributed by atoms with E-state index in [1.807, 2.05) is 33.9 Å². The van der Waals surface area contributed by atoms with Crippen LogP contribution in [0.25, 0.3) is 0 Å². The van der Waals surface area contributed by atoms with Gasteiger partial charge in [-0.1, -0.05) is 0 Å². The summed E-state index contributed by atoms with van der Waals surface area (Å²) in [6, 6.07) is 1.53. The first-order valence-electron chi connectivity index (χ1n) is 5.80. The van der Waals surface area contributed by atoms with Crippen molar-refractivity contribution in [3.8, 4) is 0 Å². The minimum atomic E-state index is -0.349. The molecular formula is C12H17N5O. The number of anilines is 1. The third-order valence-corrected chi connectivity index (χ3v) is 3.01. The highest BCUT2D eigenvalue weighted by Crippen LogP contribution is 2.15. The maximum Gasteiger partial charge on any atom is 0.249 e. The Balaban J connectivity index is 2.10. The van der Waals surface area contributed by atoms with Crippen molar-refractivity contribution in [2.24, 2.45) is 7.05 Å². The number of carbonyl (C=O) groups is 1. The monoisotopic (exact) mass is 247 g/mol. The Kier molecular flexibility index (Phi) is 3.18. The van der Waals surface area contributed by atoms with Gasteiger partial charge in [-0.2, -0.15) is 10.2 Å². The molecule has 96 valence electrons. The van der Waals surface area contributed by atoms with E-state index < -0.39 is 0 Å². The first-order chi connectivity index (χ1) is 8.49. The van der Waals surface area contributed by atoms with Crippen LogP contribution >= 0.6 is 0 Å². The number of amides is 1. The topological polar surface area (TPSA) is 64.7 Å². The van der Waals surface area contributed by atoms with Crippen molar-refractivity contribution in [3.63, 3.8) is 0 Å². The van der Waals surface area contributed by atoms with E-state index in [1.54, 1.807) is 21.8 Å². The minimum absolute atomic E-state index is 0.103. The largest absolute Gasteiger partial charge is 0.321 e. The fourth-order valence-corrected chi connectivity index (χ4v) is 1.63. The molecule has 6 nitrogen and oxygen atoms in total. The molecule has 0 aliphatic carbocycles. The molecule has 0 aliphatic rings. The summed E-state index contributed by atoms with van der Waals surface area (Å²) in [7, 11) is 1.84. The number of carbonyl (C=O) groups excluding carboxylic acids is 1. The molecule has 0 bridgehead atoms. The third kappa shape index (κ3) is 2.27. The molecule has 1 amide bonds. The third-order valence-electron chi connectivity index (χ3n) is 3.01. The summed E-state index contributed by atoms with van der Waals surface area (Å²) in [6.45, 7) is 5.62. The van der Waals surface area contributed by atoms with Gasteiger partial charge in [0.05, 0.1) is 23.3 Å². The van der Waals surface area contributed by atoms with Crippen LogP contribution in [-0.2, 0) is 11.8 Å².